The van der Waals surface area contributed by atoms with E-state index in [1.54, 1.807) is 12.1 Å². The van der Waals surface area contributed by atoms with Crippen molar-refractivity contribution in [2.24, 2.45) is 11.3 Å². The quantitative estimate of drug-likeness (QED) is 0.678. The summed E-state index contributed by atoms with van der Waals surface area (Å²) in [7, 11) is 3.68. The van der Waals surface area contributed by atoms with Crippen LogP contribution in [0.3, 0.4) is 0 Å². The van der Waals surface area contributed by atoms with Crippen LogP contribution in [0.5, 0.6) is 0 Å². The first-order chi connectivity index (χ1) is 14.4. The molecule has 1 aromatic rings. The van der Waals surface area contributed by atoms with Gasteiger partial charge in [0, 0.05) is 6.54 Å². The van der Waals surface area contributed by atoms with Gasteiger partial charge in [0.25, 0.3) is 5.91 Å². The lowest BCUT2D eigenvalue weighted by molar-refractivity contribution is -0.137. The van der Waals surface area contributed by atoms with Crippen molar-refractivity contribution in [1.82, 2.24) is 20.4 Å². The third-order valence-electron chi connectivity index (χ3n) is 6.28. The molecule has 3 atom stereocenters. The van der Waals surface area contributed by atoms with Gasteiger partial charge in [0.15, 0.2) is 0 Å². The van der Waals surface area contributed by atoms with Crippen molar-refractivity contribution in [1.29, 1.82) is 0 Å². The van der Waals surface area contributed by atoms with Crippen molar-refractivity contribution in [2.45, 2.75) is 51.6 Å². The summed E-state index contributed by atoms with van der Waals surface area (Å²) in [6, 6.07) is 5.48. The van der Waals surface area contributed by atoms with Crippen molar-refractivity contribution < 1.29 is 18.8 Å². The highest BCUT2D eigenvalue weighted by molar-refractivity contribution is 6.09. The molecule has 8 heteroatoms. The number of nitrogens with zero attached hydrogens (tertiary/aromatic N) is 2. The maximum absolute atomic E-state index is 13.6. The molecule has 7 nitrogen and oxygen atoms in total. The highest BCUT2D eigenvalue weighted by atomic mass is 19.1. The van der Waals surface area contributed by atoms with Crippen LogP contribution in [0.25, 0.3) is 0 Å². The molecule has 4 amide bonds. The largest absolute Gasteiger partial charge is 0.353 e. The van der Waals surface area contributed by atoms with E-state index in [0.29, 0.717) is 18.8 Å². The highest BCUT2D eigenvalue weighted by Gasteiger charge is 2.56. The van der Waals surface area contributed by atoms with Gasteiger partial charge in [-0.2, -0.15) is 0 Å². The van der Waals surface area contributed by atoms with E-state index in [0.717, 1.165) is 16.9 Å². The van der Waals surface area contributed by atoms with E-state index in [-0.39, 0.29) is 36.3 Å². The van der Waals surface area contributed by atoms with Gasteiger partial charge >= 0.3 is 6.03 Å². The minimum absolute atomic E-state index is 0.0667. The predicted molar refractivity (Wildman–Crippen MR) is 116 cm³/mol. The fourth-order valence-electron chi connectivity index (χ4n) is 5.37. The lowest BCUT2D eigenvalue weighted by Gasteiger charge is -2.43. The number of hydrogen-bond acceptors (Lipinski definition) is 4. The molecule has 0 aromatic heterocycles. The Bertz CT molecular complexity index is 872. The molecule has 1 aliphatic carbocycles. The fourth-order valence-corrected chi connectivity index (χ4v) is 5.37. The van der Waals surface area contributed by atoms with Crippen LogP contribution in [0, 0.1) is 17.2 Å². The van der Waals surface area contributed by atoms with Gasteiger partial charge in [0.05, 0.1) is 6.04 Å². The molecule has 2 fully saturated rings. The molecule has 170 valence electrons. The molecule has 31 heavy (non-hydrogen) atoms. The van der Waals surface area contributed by atoms with E-state index >= 15 is 0 Å². The summed E-state index contributed by atoms with van der Waals surface area (Å²) in [6.45, 7) is 6.20. The lowest BCUT2D eigenvalue weighted by Crippen LogP contribution is -2.54. The SMILES string of the molecule is CC1CC(C)(C)CC2(C1)NC(=O)N(CC(=O)NCC(c1cccc(F)c1)N(C)C)C2=O. The second kappa shape index (κ2) is 8.57. The minimum atomic E-state index is -0.924. The van der Waals surface area contributed by atoms with Gasteiger partial charge in [-0.1, -0.05) is 32.9 Å². The monoisotopic (exact) mass is 432 g/mol. The maximum atomic E-state index is 13.6. The van der Waals surface area contributed by atoms with Gasteiger partial charge in [0.2, 0.25) is 5.91 Å². The molecule has 2 N–H and O–H groups in total. The van der Waals surface area contributed by atoms with Crippen LogP contribution < -0.4 is 10.6 Å². The molecular formula is C23H33FN4O3. The Labute approximate surface area is 183 Å². The van der Waals surface area contributed by atoms with Crippen molar-refractivity contribution in [3.05, 3.63) is 35.6 Å². The van der Waals surface area contributed by atoms with E-state index in [2.05, 4.69) is 31.4 Å². The molecule has 0 radical (unpaired) electrons. The maximum Gasteiger partial charge on any atom is 0.325 e. The zero-order chi connectivity index (χ0) is 23.0. The van der Waals surface area contributed by atoms with E-state index in [1.165, 1.54) is 12.1 Å². The first-order valence-corrected chi connectivity index (χ1v) is 10.8. The molecule has 2 aliphatic rings. The zero-order valence-corrected chi connectivity index (χ0v) is 19.0. The van der Waals surface area contributed by atoms with Crippen LogP contribution in [-0.2, 0) is 9.59 Å². The molecule has 1 saturated heterocycles. The Morgan fingerprint density at radius 1 is 1.32 bits per heavy atom. The molecule has 1 heterocycles. The highest BCUT2D eigenvalue weighted by Crippen LogP contribution is 2.46. The standard InChI is InChI=1S/C23H33FN4O3/c1-15-10-22(2,3)14-23(11-15)20(30)28(21(31)26-23)13-19(29)25-12-18(27(4)5)16-7-6-8-17(24)9-16/h6-9,15,18H,10-14H2,1-5H3,(H,25,29)(H,26,31). The molecule has 3 unspecified atom stereocenters. The van der Waals surface area contributed by atoms with Gasteiger partial charge in [-0.3, -0.25) is 14.5 Å². The Morgan fingerprint density at radius 2 is 2.03 bits per heavy atom. The average Bonchev–Trinajstić information content (AvgIpc) is 2.83. The van der Waals surface area contributed by atoms with Crippen LogP contribution in [-0.4, -0.2) is 60.4 Å². The fraction of sp³-hybridized carbons (Fsp3) is 0.609. The number of imide groups is 1. The van der Waals surface area contributed by atoms with Crippen LogP contribution in [0.4, 0.5) is 9.18 Å². The zero-order valence-electron chi connectivity index (χ0n) is 19.0. The van der Waals surface area contributed by atoms with Gasteiger partial charge in [-0.25, -0.2) is 9.18 Å². The Kier molecular flexibility index (Phi) is 6.41. The van der Waals surface area contributed by atoms with Crippen molar-refractivity contribution in [3.8, 4) is 0 Å². The van der Waals surface area contributed by atoms with Gasteiger partial charge < -0.3 is 15.5 Å². The van der Waals surface area contributed by atoms with Crippen LogP contribution >= 0.6 is 0 Å². The summed E-state index contributed by atoms with van der Waals surface area (Å²) < 4.78 is 13.6. The van der Waals surface area contributed by atoms with Crippen molar-refractivity contribution in [3.63, 3.8) is 0 Å². The molecule has 1 aliphatic heterocycles. The number of carbonyl (C=O) groups is 3. The number of benzene rings is 1. The summed E-state index contributed by atoms with van der Waals surface area (Å²) in [5.41, 5.74) is -0.257. The number of rotatable bonds is 6. The Hall–Kier alpha value is -2.48. The molecule has 0 bridgehead atoms. The molecule has 1 saturated carbocycles. The number of likely N-dealkylation sites (N-methyl/N-ethyl adjacent to an activating group) is 1. The second-order valence-electron chi connectivity index (χ2n) is 10.1. The van der Waals surface area contributed by atoms with E-state index in [9.17, 15) is 18.8 Å². The third kappa shape index (κ3) is 5.06. The summed E-state index contributed by atoms with van der Waals surface area (Å²) in [5, 5.41) is 5.67. The van der Waals surface area contributed by atoms with Gasteiger partial charge in [-0.15, -0.1) is 0 Å². The summed E-state index contributed by atoms with van der Waals surface area (Å²) >= 11 is 0. The normalized spacial score (nSPS) is 26.3. The lowest BCUT2D eigenvalue weighted by atomic mass is 9.64. The summed E-state index contributed by atoms with van der Waals surface area (Å²) in [5.74, 6) is -0.785. The number of urea groups is 1. The number of amides is 4. The number of hydrogen-bond donors (Lipinski definition) is 2. The number of carbonyl (C=O) groups excluding carboxylic acids is 3. The smallest absolute Gasteiger partial charge is 0.325 e. The minimum Gasteiger partial charge on any atom is -0.353 e. The van der Waals surface area contributed by atoms with Gasteiger partial charge in [0.1, 0.15) is 17.9 Å². The Morgan fingerprint density at radius 3 is 2.65 bits per heavy atom. The van der Waals surface area contributed by atoms with E-state index in [1.807, 2.05) is 19.0 Å². The average molecular weight is 433 g/mol. The first kappa shape index (κ1) is 23.2. The van der Waals surface area contributed by atoms with E-state index < -0.39 is 17.5 Å². The first-order valence-electron chi connectivity index (χ1n) is 10.8. The summed E-state index contributed by atoms with van der Waals surface area (Å²) in [6.07, 6.45) is 2.14. The Balaban J connectivity index is 1.65. The van der Waals surface area contributed by atoms with Crippen LogP contribution in [0.2, 0.25) is 0 Å². The van der Waals surface area contributed by atoms with Crippen molar-refractivity contribution >= 4 is 17.8 Å². The molecule has 1 spiro atoms. The summed E-state index contributed by atoms with van der Waals surface area (Å²) in [4.78, 5) is 41.3. The molecular weight excluding hydrogens is 399 g/mol. The van der Waals surface area contributed by atoms with Crippen LogP contribution in [0.1, 0.15) is 51.6 Å². The van der Waals surface area contributed by atoms with Gasteiger partial charge in [-0.05, 0) is 62.4 Å². The number of nitrogens with one attached hydrogen (secondary N) is 2. The van der Waals surface area contributed by atoms with Crippen molar-refractivity contribution in [2.75, 3.05) is 27.2 Å². The van der Waals surface area contributed by atoms with Crippen LogP contribution in [0.15, 0.2) is 24.3 Å². The van der Waals surface area contributed by atoms with E-state index in [4.69, 9.17) is 0 Å². The molecule has 1 aromatic carbocycles. The topological polar surface area (TPSA) is 81.8 Å². The number of halogens is 1. The molecule has 3 rings (SSSR count). The predicted octanol–water partition coefficient (Wildman–Crippen LogP) is 2.68. The second-order valence-corrected chi connectivity index (χ2v) is 10.1. The third-order valence-corrected chi connectivity index (χ3v) is 6.28.